The van der Waals surface area contributed by atoms with Crippen LogP contribution in [0.2, 0.25) is 0 Å². The summed E-state index contributed by atoms with van der Waals surface area (Å²) in [5, 5.41) is 2.85. The molecule has 3 rings (SSSR count). The Kier molecular flexibility index (Phi) is 6.18. The Morgan fingerprint density at radius 3 is 2.50 bits per heavy atom. The minimum absolute atomic E-state index is 0.0297. The van der Waals surface area contributed by atoms with Crippen molar-refractivity contribution in [3.05, 3.63) is 59.7 Å². The van der Waals surface area contributed by atoms with E-state index >= 15 is 0 Å². The summed E-state index contributed by atoms with van der Waals surface area (Å²) >= 11 is 0. The van der Waals surface area contributed by atoms with Gasteiger partial charge in [-0.3, -0.25) is 9.59 Å². The second-order valence-corrected chi connectivity index (χ2v) is 7.88. The number of benzene rings is 2. The second kappa shape index (κ2) is 8.59. The van der Waals surface area contributed by atoms with Gasteiger partial charge in [-0.25, -0.2) is 0 Å². The normalized spacial score (nSPS) is 19.3. The van der Waals surface area contributed by atoms with Crippen LogP contribution in [0.25, 0.3) is 11.1 Å². The van der Waals surface area contributed by atoms with Gasteiger partial charge in [0.05, 0.1) is 5.41 Å². The van der Waals surface area contributed by atoms with Gasteiger partial charge in [-0.05, 0) is 42.9 Å². The first-order chi connectivity index (χ1) is 13.5. The summed E-state index contributed by atoms with van der Waals surface area (Å²) in [6, 6.07) is 16.9. The highest BCUT2D eigenvalue weighted by Crippen LogP contribution is 2.35. The van der Waals surface area contributed by atoms with Gasteiger partial charge in [0, 0.05) is 26.6 Å². The van der Waals surface area contributed by atoms with Crippen LogP contribution in [0.1, 0.15) is 37.3 Å². The molecule has 2 aromatic rings. The maximum Gasteiger partial charge on any atom is 0.228 e. The Labute approximate surface area is 167 Å². The molecule has 4 nitrogen and oxygen atoms in total. The number of hydrogen-bond acceptors (Lipinski definition) is 2. The van der Waals surface area contributed by atoms with Crippen LogP contribution in [-0.2, 0) is 16.0 Å². The minimum Gasteiger partial charge on any atom is -0.359 e. The molecule has 1 atom stereocenters. The number of likely N-dealkylation sites (tertiary alicyclic amines) is 1. The molecule has 1 heterocycles. The van der Waals surface area contributed by atoms with Crippen LogP contribution in [0.5, 0.6) is 0 Å². The van der Waals surface area contributed by atoms with Crippen molar-refractivity contribution in [3.8, 4) is 11.1 Å². The molecule has 1 aliphatic heterocycles. The number of hydrogen-bond donors (Lipinski definition) is 1. The summed E-state index contributed by atoms with van der Waals surface area (Å²) in [4.78, 5) is 27.0. The first-order valence-electron chi connectivity index (χ1n) is 10.1. The van der Waals surface area contributed by atoms with Gasteiger partial charge in [0.15, 0.2) is 0 Å². The molecular weight excluding hydrogens is 348 g/mol. The van der Waals surface area contributed by atoms with Crippen LogP contribution in [0, 0.1) is 12.3 Å². The highest BCUT2D eigenvalue weighted by atomic mass is 16.2. The molecule has 2 aromatic carbocycles. The molecule has 1 aliphatic rings. The molecule has 0 unspecified atom stereocenters. The van der Waals surface area contributed by atoms with E-state index in [2.05, 4.69) is 60.8 Å². The van der Waals surface area contributed by atoms with E-state index in [9.17, 15) is 9.59 Å². The summed E-state index contributed by atoms with van der Waals surface area (Å²) in [5.41, 5.74) is 4.13. The number of rotatable bonds is 5. The van der Waals surface area contributed by atoms with E-state index in [1.807, 2.05) is 11.8 Å². The van der Waals surface area contributed by atoms with Gasteiger partial charge in [-0.15, -0.1) is 0 Å². The van der Waals surface area contributed by atoms with Crippen molar-refractivity contribution in [3.63, 3.8) is 0 Å². The van der Waals surface area contributed by atoms with Crippen molar-refractivity contribution < 1.29 is 9.59 Å². The van der Waals surface area contributed by atoms with Crippen molar-refractivity contribution in [2.45, 2.75) is 39.5 Å². The van der Waals surface area contributed by atoms with E-state index in [4.69, 9.17) is 0 Å². The zero-order valence-electron chi connectivity index (χ0n) is 17.1. The quantitative estimate of drug-likeness (QED) is 0.856. The molecule has 2 amide bonds. The maximum atomic E-state index is 12.9. The molecule has 0 spiro atoms. The second-order valence-electron chi connectivity index (χ2n) is 7.88. The zero-order valence-corrected chi connectivity index (χ0v) is 17.1. The van der Waals surface area contributed by atoms with Crippen LogP contribution in [0.4, 0.5) is 0 Å². The molecule has 1 saturated heterocycles. The van der Waals surface area contributed by atoms with Gasteiger partial charge in [0.25, 0.3) is 0 Å². The number of nitrogens with one attached hydrogen (secondary N) is 1. The van der Waals surface area contributed by atoms with E-state index in [-0.39, 0.29) is 11.8 Å². The first-order valence-corrected chi connectivity index (χ1v) is 10.1. The van der Waals surface area contributed by atoms with Crippen LogP contribution in [0.15, 0.2) is 48.5 Å². The molecular formula is C24H30N2O2. The first kappa shape index (κ1) is 20.1. The van der Waals surface area contributed by atoms with E-state index < -0.39 is 5.41 Å². The van der Waals surface area contributed by atoms with E-state index in [0.29, 0.717) is 19.4 Å². The van der Waals surface area contributed by atoms with Crippen molar-refractivity contribution >= 4 is 11.8 Å². The lowest BCUT2D eigenvalue weighted by Crippen LogP contribution is -2.53. The Morgan fingerprint density at radius 1 is 1.11 bits per heavy atom. The fourth-order valence-electron chi connectivity index (χ4n) is 4.32. The van der Waals surface area contributed by atoms with E-state index in [1.54, 1.807) is 7.05 Å². The Morgan fingerprint density at radius 2 is 1.82 bits per heavy atom. The van der Waals surface area contributed by atoms with Crippen molar-refractivity contribution in [1.82, 2.24) is 10.2 Å². The highest BCUT2D eigenvalue weighted by molar-refractivity contribution is 5.85. The number of carbonyl (C=O) groups is 2. The van der Waals surface area contributed by atoms with Crippen molar-refractivity contribution in [2.24, 2.45) is 5.41 Å². The predicted molar refractivity (Wildman–Crippen MR) is 113 cm³/mol. The Bertz CT molecular complexity index is 861. The van der Waals surface area contributed by atoms with E-state index in [1.165, 1.54) is 11.1 Å². The maximum absolute atomic E-state index is 12.9. The largest absolute Gasteiger partial charge is 0.359 e. The number of piperidine rings is 1. The summed E-state index contributed by atoms with van der Waals surface area (Å²) in [7, 11) is 1.69. The van der Waals surface area contributed by atoms with Crippen LogP contribution in [-0.4, -0.2) is 36.9 Å². The van der Waals surface area contributed by atoms with Crippen LogP contribution < -0.4 is 5.32 Å². The number of aryl methyl sites for hydroxylation is 1. The molecule has 1 N–H and O–H groups in total. The third-order valence-electron chi connectivity index (χ3n) is 5.76. The van der Waals surface area contributed by atoms with Gasteiger partial charge >= 0.3 is 0 Å². The molecule has 0 aromatic heterocycles. The zero-order chi connectivity index (χ0) is 20.1. The number of amides is 2. The molecule has 0 saturated carbocycles. The topological polar surface area (TPSA) is 49.4 Å². The fourth-order valence-corrected chi connectivity index (χ4v) is 4.32. The van der Waals surface area contributed by atoms with Gasteiger partial charge in [-0.2, -0.15) is 0 Å². The molecule has 1 fully saturated rings. The van der Waals surface area contributed by atoms with Gasteiger partial charge in [0.2, 0.25) is 11.8 Å². The third-order valence-corrected chi connectivity index (χ3v) is 5.76. The lowest BCUT2D eigenvalue weighted by molar-refractivity contribution is -0.141. The summed E-state index contributed by atoms with van der Waals surface area (Å²) < 4.78 is 0. The lowest BCUT2D eigenvalue weighted by Gasteiger charge is -2.41. The van der Waals surface area contributed by atoms with Gasteiger partial charge < -0.3 is 10.2 Å². The fraction of sp³-hybridized carbons (Fsp3) is 0.417. The van der Waals surface area contributed by atoms with Crippen LogP contribution in [0.3, 0.4) is 0 Å². The smallest absolute Gasteiger partial charge is 0.228 e. The minimum atomic E-state index is -0.566. The molecule has 28 heavy (non-hydrogen) atoms. The lowest BCUT2D eigenvalue weighted by atomic mass is 9.74. The highest BCUT2D eigenvalue weighted by Gasteiger charge is 2.42. The number of carbonyl (C=O) groups excluding carboxylic acids is 2. The average Bonchev–Trinajstić information content (AvgIpc) is 2.72. The summed E-state index contributed by atoms with van der Waals surface area (Å²) in [6.45, 7) is 5.21. The van der Waals surface area contributed by atoms with Crippen LogP contribution >= 0.6 is 0 Å². The monoisotopic (exact) mass is 378 g/mol. The number of nitrogens with zero attached hydrogens (tertiary/aromatic N) is 1. The molecule has 0 aliphatic carbocycles. The molecule has 148 valence electrons. The summed E-state index contributed by atoms with van der Waals surface area (Å²) in [5.74, 6) is 0.156. The molecule has 0 radical (unpaired) electrons. The van der Waals surface area contributed by atoms with Crippen molar-refractivity contribution in [1.29, 1.82) is 0 Å². The SMILES string of the molecule is CCC(=O)N1CCC[C@](Cc2cccc(-c3cccc(C)c3)c2)(C(=O)NC)C1. The predicted octanol–water partition coefficient (Wildman–Crippen LogP) is 3.97. The standard InChI is InChI=1S/C24H30N2O2/c1-4-22(27)26-13-7-12-24(17-26,23(28)25-3)16-19-9-6-11-21(15-19)20-10-5-8-18(2)14-20/h5-6,8-11,14-15H,4,7,12-13,16-17H2,1-3H3,(H,25,28)/t24-/m1/s1. The van der Waals surface area contributed by atoms with Gasteiger partial charge in [-0.1, -0.05) is 61.0 Å². The Hall–Kier alpha value is -2.62. The average molecular weight is 379 g/mol. The third kappa shape index (κ3) is 4.27. The summed E-state index contributed by atoms with van der Waals surface area (Å²) in [6.07, 6.45) is 2.78. The molecule has 0 bridgehead atoms. The van der Waals surface area contributed by atoms with Gasteiger partial charge in [0.1, 0.15) is 0 Å². The van der Waals surface area contributed by atoms with E-state index in [0.717, 1.165) is 30.5 Å². The molecule has 4 heteroatoms. The van der Waals surface area contributed by atoms with Crippen molar-refractivity contribution in [2.75, 3.05) is 20.1 Å². The Balaban J connectivity index is 1.91.